The van der Waals surface area contributed by atoms with Crippen LogP contribution in [-0.4, -0.2) is 84.8 Å². The Kier molecular flexibility index (Phi) is 18.2. The number of nitrogens with one attached hydrogen (secondary N) is 1. The number of likely N-dealkylation sites (N-methyl/N-ethyl adjacent to an activating group) is 1. The molecular formula is C29H56N4O3. The number of carbonyl (C=O) groups is 3. The SMILES string of the molecule is C/C(=C\C(C(C)C)N(C)C(=O)CNC=O)C(=O)N1CCC(C)CC1.CC(C)N1CCCCC1.CCC. The predicted octanol–water partition coefficient (Wildman–Crippen LogP) is 4.72. The second kappa shape index (κ2) is 19.3. The van der Waals surface area contributed by atoms with Crippen molar-refractivity contribution in [2.24, 2.45) is 11.8 Å². The van der Waals surface area contributed by atoms with Crippen LogP contribution >= 0.6 is 0 Å². The van der Waals surface area contributed by atoms with Crippen LogP contribution in [0.25, 0.3) is 0 Å². The molecule has 2 aliphatic heterocycles. The van der Waals surface area contributed by atoms with Crippen LogP contribution in [0.1, 0.15) is 93.9 Å². The number of hydrogen-bond donors (Lipinski definition) is 1. The molecule has 2 rings (SSSR count). The number of likely N-dealkylation sites (tertiary alicyclic amines) is 2. The summed E-state index contributed by atoms with van der Waals surface area (Å²) in [5.74, 6) is 0.721. The maximum atomic E-state index is 12.6. The van der Waals surface area contributed by atoms with Gasteiger partial charge in [0.25, 0.3) is 0 Å². The third kappa shape index (κ3) is 13.4. The topological polar surface area (TPSA) is 73.0 Å². The first-order valence-electron chi connectivity index (χ1n) is 14.1. The average Bonchev–Trinajstić information content (AvgIpc) is 2.86. The van der Waals surface area contributed by atoms with Gasteiger partial charge in [-0.15, -0.1) is 0 Å². The zero-order valence-electron chi connectivity index (χ0n) is 24.8. The number of carbonyl (C=O) groups excluding carboxylic acids is 3. The van der Waals surface area contributed by atoms with Crippen LogP contribution in [0, 0.1) is 11.8 Å². The smallest absolute Gasteiger partial charge is 0.249 e. The van der Waals surface area contributed by atoms with E-state index in [0.29, 0.717) is 17.9 Å². The molecule has 1 N–H and O–H groups in total. The Morgan fingerprint density at radius 2 is 1.53 bits per heavy atom. The van der Waals surface area contributed by atoms with Gasteiger partial charge in [-0.2, -0.15) is 0 Å². The zero-order valence-corrected chi connectivity index (χ0v) is 24.8. The summed E-state index contributed by atoms with van der Waals surface area (Å²) in [7, 11) is 1.70. The van der Waals surface area contributed by atoms with Gasteiger partial charge in [0.15, 0.2) is 0 Å². The van der Waals surface area contributed by atoms with E-state index in [2.05, 4.69) is 44.8 Å². The maximum absolute atomic E-state index is 12.6. The van der Waals surface area contributed by atoms with Crippen LogP contribution in [0.15, 0.2) is 11.6 Å². The van der Waals surface area contributed by atoms with Gasteiger partial charge in [0.1, 0.15) is 0 Å². The Hall–Kier alpha value is -1.89. The molecule has 7 nitrogen and oxygen atoms in total. The molecule has 1 unspecified atom stereocenters. The summed E-state index contributed by atoms with van der Waals surface area (Å²) in [6.07, 6.45) is 10.0. The maximum Gasteiger partial charge on any atom is 0.249 e. The Morgan fingerprint density at radius 3 is 1.94 bits per heavy atom. The van der Waals surface area contributed by atoms with Crippen molar-refractivity contribution in [2.75, 3.05) is 39.8 Å². The minimum Gasteiger partial charge on any atom is -0.350 e. The highest BCUT2D eigenvalue weighted by Gasteiger charge is 2.25. The van der Waals surface area contributed by atoms with Crippen LogP contribution < -0.4 is 5.32 Å². The largest absolute Gasteiger partial charge is 0.350 e. The van der Waals surface area contributed by atoms with Crippen molar-refractivity contribution in [1.29, 1.82) is 0 Å². The monoisotopic (exact) mass is 508 g/mol. The van der Waals surface area contributed by atoms with Crippen molar-refractivity contribution >= 4 is 18.2 Å². The molecular weight excluding hydrogens is 452 g/mol. The van der Waals surface area contributed by atoms with Crippen LogP contribution in [0.3, 0.4) is 0 Å². The van der Waals surface area contributed by atoms with E-state index in [1.165, 1.54) is 38.8 Å². The number of amides is 3. The van der Waals surface area contributed by atoms with Gasteiger partial charge in [-0.05, 0) is 71.4 Å². The van der Waals surface area contributed by atoms with Gasteiger partial charge >= 0.3 is 0 Å². The van der Waals surface area contributed by atoms with Gasteiger partial charge in [-0.25, -0.2) is 0 Å². The Morgan fingerprint density at radius 1 is 1.00 bits per heavy atom. The van der Waals surface area contributed by atoms with E-state index in [1.807, 2.05) is 31.7 Å². The summed E-state index contributed by atoms with van der Waals surface area (Å²) in [5.41, 5.74) is 0.672. The molecule has 0 radical (unpaired) electrons. The van der Waals surface area contributed by atoms with E-state index in [0.717, 1.165) is 32.0 Å². The Labute approximate surface area is 222 Å². The van der Waals surface area contributed by atoms with E-state index >= 15 is 0 Å². The summed E-state index contributed by atoms with van der Waals surface area (Å²) in [6, 6.07) is 0.587. The van der Waals surface area contributed by atoms with Gasteiger partial charge in [-0.3, -0.25) is 14.4 Å². The van der Waals surface area contributed by atoms with Crippen molar-refractivity contribution < 1.29 is 14.4 Å². The summed E-state index contributed by atoms with van der Waals surface area (Å²) in [4.78, 5) is 41.2. The van der Waals surface area contributed by atoms with Gasteiger partial charge in [-0.1, -0.05) is 53.5 Å². The molecule has 2 saturated heterocycles. The van der Waals surface area contributed by atoms with Gasteiger partial charge in [0.05, 0.1) is 12.6 Å². The number of rotatable bonds is 8. The van der Waals surface area contributed by atoms with Crippen LogP contribution in [0.4, 0.5) is 0 Å². The zero-order chi connectivity index (χ0) is 27.7. The second-order valence-corrected chi connectivity index (χ2v) is 11.0. The molecule has 2 fully saturated rings. The quantitative estimate of drug-likeness (QED) is 0.380. The summed E-state index contributed by atoms with van der Waals surface area (Å²) in [5, 5.41) is 2.39. The Balaban J connectivity index is 0.000000838. The lowest BCUT2D eigenvalue weighted by Gasteiger charge is -2.32. The molecule has 0 aromatic heterocycles. The molecule has 36 heavy (non-hydrogen) atoms. The molecule has 0 aromatic rings. The third-order valence-corrected chi connectivity index (χ3v) is 6.81. The van der Waals surface area contributed by atoms with Crippen molar-refractivity contribution in [1.82, 2.24) is 20.0 Å². The highest BCUT2D eigenvalue weighted by molar-refractivity contribution is 5.93. The van der Waals surface area contributed by atoms with Crippen molar-refractivity contribution in [2.45, 2.75) is 106 Å². The lowest BCUT2D eigenvalue weighted by Crippen LogP contribution is -2.44. The van der Waals surface area contributed by atoms with Crippen molar-refractivity contribution in [3.05, 3.63) is 11.6 Å². The summed E-state index contributed by atoms with van der Waals surface area (Å²) in [6.45, 7) is 21.1. The standard InChI is InChI=1S/C18H31N3O3.C8H17N.C3H8/c1-13(2)16(20(5)17(23)11-19-12-22)10-15(4)18(24)21-8-6-14(3)7-9-21;1-8(2)9-6-4-3-5-7-9;1-3-2/h10,12-14,16H,6-9,11H2,1-5H3,(H,19,22);8H,3-7H2,1-2H3;3H2,1-2H3/b15-10+;;. The summed E-state index contributed by atoms with van der Waals surface area (Å²) < 4.78 is 0. The molecule has 210 valence electrons. The molecule has 0 aliphatic carbocycles. The molecule has 0 spiro atoms. The average molecular weight is 509 g/mol. The molecule has 2 heterocycles. The molecule has 0 bridgehead atoms. The minimum absolute atomic E-state index is 0.0337. The molecule has 1 atom stereocenters. The highest BCUT2D eigenvalue weighted by atomic mass is 16.2. The summed E-state index contributed by atoms with van der Waals surface area (Å²) >= 11 is 0. The number of hydrogen-bond acceptors (Lipinski definition) is 4. The number of piperidine rings is 2. The highest BCUT2D eigenvalue weighted by Crippen LogP contribution is 2.19. The fourth-order valence-corrected chi connectivity index (χ4v) is 4.39. The normalized spacial score (nSPS) is 18.0. The van der Waals surface area contributed by atoms with Crippen molar-refractivity contribution in [3.63, 3.8) is 0 Å². The van der Waals surface area contributed by atoms with Gasteiger partial charge in [0, 0.05) is 31.8 Å². The number of nitrogens with zero attached hydrogens (tertiary/aromatic N) is 3. The van der Waals surface area contributed by atoms with E-state index in [4.69, 9.17) is 0 Å². The van der Waals surface area contributed by atoms with E-state index in [9.17, 15) is 14.4 Å². The first kappa shape index (κ1) is 34.1. The third-order valence-electron chi connectivity index (χ3n) is 6.81. The van der Waals surface area contributed by atoms with Crippen LogP contribution in [0.2, 0.25) is 0 Å². The van der Waals surface area contributed by atoms with Gasteiger partial charge in [0.2, 0.25) is 18.2 Å². The van der Waals surface area contributed by atoms with Crippen molar-refractivity contribution in [3.8, 4) is 0 Å². The van der Waals surface area contributed by atoms with Crippen LogP contribution in [-0.2, 0) is 14.4 Å². The first-order valence-corrected chi connectivity index (χ1v) is 14.1. The molecule has 3 amide bonds. The minimum atomic E-state index is -0.182. The first-order chi connectivity index (χ1) is 17.0. The molecule has 0 aromatic carbocycles. The lowest BCUT2D eigenvalue weighted by atomic mass is 9.97. The molecule has 0 saturated carbocycles. The fraction of sp³-hybridized carbons (Fsp3) is 0.828. The fourth-order valence-electron chi connectivity index (χ4n) is 4.39. The molecule has 2 aliphatic rings. The van der Waals surface area contributed by atoms with E-state index < -0.39 is 0 Å². The van der Waals surface area contributed by atoms with E-state index in [-0.39, 0.29) is 30.3 Å². The molecule has 7 heteroatoms. The predicted molar refractivity (Wildman–Crippen MR) is 151 cm³/mol. The van der Waals surface area contributed by atoms with E-state index in [1.54, 1.807) is 11.9 Å². The Bertz CT molecular complexity index is 649. The van der Waals surface area contributed by atoms with Crippen LogP contribution in [0.5, 0.6) is 0 Å². The lowest BCUT2D eigenvalue weighted by molar-refractivity contribution is -0.132. The van der Waals surface area contributed by atoms with Gasteiger partial charge < -0.3 is 20.0 Å². The second-order valence-electron chi connectivity index (χ2n) is 11.0.